The number of carbonyl (C=O) groups is 1. The lowest BCUT2D eigenvalue weighted by Crippen LogP contribution is -2.25. The third kappa shape index (κ3) is 4.17. The van der Waals surface area contributed by atoms with Crippen molar-refractivity contribution in [1.82, 2.24) is 24.3 Å². The summed E-state index contributed by atoms with van der Waals surface area (Å²) < 4.78 is 3.48. The first-order valence-electron chi connectivity index (χ1n) is 11.7. The Morgan fingerprint density at radius 1 is 1.08 bits per heavy atom. The smallest absolute Gasteiger partial charge is 0.263 e. The van der Waals surface area contributed by atoms with Crippen molar-refractivity contribution in [2.24, 2.45) is 12.8 Å². The second kappa shape index (κ2) is 9.22. The Balaban J connectivity index is 1.74. The summed E-state index contributed by atoms with van der Waals surface area (Å²) in [4.78, 5) is 34.8. The number of hydrogen-bond acceptors (Lipinski definition) is 5. The largest absolute Gasteiger partial charge is 0.365 e. The molecule has 0 aliphatic heterocycles. The summed E-state index contributed by atoms with van der Waals surface area (Å²) in [6, 6.07) is 17.5. The highest BCUT2D eigenvalue weighted by atomic mass is 16.1. The summed E-state index contributed by atoms with van der Waals surface area (Å²) in [7, 11) is 1.85. The van der Waals surface area contributed by atoms with Crippen LogP contribution in [-0.4, -0.2) is 30.2 Å². The molecule has 0 saturated carbocycles. The molecule has 2 N–H and O–H groups in total. The van der Waals surface area contributed by atoms with Crippen LogP contribution in [0.3, 0.4) is 0 Å². The third-order valence-corrected chi connectivity index (χ3v) is 6.36. The van der Waals surface area contributed by atoms with Crippen molar-refractivity contribution < 1.29 is 4.79 Å². The molecule has 36 heavy (non-hydrogen) atoms. The first kappa shape index (κ1) is 23.2. The Morgan fingerprint density at radius 2 is 1.86 bits per heavy atom. The fraction of sp³-hybridized carbons (Fsp3) is 0.179. The average Bonchev–Trinajstić information content (AvgIpc) is 3.30. The summed E-state index contributed by atoms with van der Waals surface area (Å²) in [5, 5.41) is 5.75. The van der Waals surface area contributed by atoms with Gasteiger partial charge < -0.3 is 5.73 Å². The van der Waals surface area contributed by atoms with E-state index in [0.717, 1.165) is 27.9 Å². The topological polar surface area (TPSA) is 109 Å². The normalized spacial score (nSPS) is 12.1. The molecule has 0 saturated heterocycles. The SMILES string of the molecule is Cc1ncc(C(N)=O)c(C[C@@H](C)c2cc3cccc(-c4cnn(C)c4)c3c(=O)n2-c2ccccc2)n1. The van der Waals surface area contributed by atoms with Gasteiger partial charge in [-0.3, -0.25) is 18.8 Å². The van der Waals surface area contributed by atoms with E-state index in [1.54, 1.807) is 22.4 Å². The van der Waals surface area contributed by atoms with E-state index in [1.807, 2.05) is 74.8 Å². The molecule has 0 fully saturated rings. The van der Waals surface area contributed by atoms with Crippen LogP contribution in [0.25, 0.3) is 27.6 Å². The molecular formula is C28H26N6O2. The third-order valence-electron chi connectivity index (χ3n) is 6.36. The number of carbonyl (C=O) groups excluding carboxylic acids is 1. The lowest BCUT2D eigenvalue weighted by atomic mass is 9.94. The Morgan fingerprint density at radius 3 is 2.56 bits per heavy atom. The zero-order valence-electron chi connectivity index (χ0n) is 20.3. The van der Waals surface area contributed by atoms with Crippen LogP contribution in [0, 0.1) is 6.92 Å². The van der Waals surface area contributed by atoms with Crippen LogP contribution < -0.4 is 11.3 Å². The molecule has 5 aromatic rings. The zero-order valence-corrected chi connectivity index (χ0v) is 20.3. The number of pyridine rings is 1. The van der Waals surface area contributed by atoms with E-state index >= 15 is 0 Å². The van der Waals surface area contributed by atoms with E-state index in [9.17, 15) is 9.59 Å². The van der Waals surface area contributed by atoms with Crippen molar-refractivity contribution in [2.45, 2.75) is 26.2 Å². The van der Waals surface area contributed by atoms with Gasteiger partial charge in [-0.2, -0.15) is 5.10 Å². The minimum atomic E-state index is -0.572. The number of aryl methyl sites for hydroxylation is 2. The van der Waals surface area contributed by atoms with Crippen molar-refractivity contribution in [2.75, 3.05) is 0 Å². The molecule has 8 nitrogen and oxygen atoms in total. The first-order chi connectivity index (χ1) is 17.3. The molecule has 3 heterocycles. The highest BCUT2D eigenvalue weighted by Gasteiger charge is 2.21. The Labute approximate surface area is 208 Å². The fourth-order valence-electron chi connectivity index (χ4n) is 4.66. The maximum atomic E-state index is 14.2. The van der Waals surface area contributed by atoms with Gasteiger partial charge in [-0.1, -0.05) is 43.3 Å². The first-order valence-corrected chi connectivity index (χ1v) is 11.7. The number of hydrogen-bond donors (Lipinski definition) is 1. The standard InChI is InChI=1S/C28H26N6O2/c1-17(12-24-23(27(29)35)15-30-18(2)32-24)25-13-19-8-7-11-22(20-14-31-33(3)16-20)26(19)28(36)34(25)21-9-5-4-6-10-21/h4-11,13-17H,12H2,1-3H3,(H2,29,35)/t17-/m1/s1. The van der Waals surface area contributed by atoms with Crippen LogP contribution in [0.2, 0.25) is 0 Å². The van der Waals surface area contributed by atoms with Gasteiger partial charge in [0.15, 0.2) is 0 Å². The molecule has 0 aliphatic carbocycles. The number of rotatable bonds is 6. The van der Waals surface area contributed by atoms with Crippen molar-refractivity contribution in [3.63, 3.8) is 0 Å². The Kier molecular flexibility index (Phi) is 5.93. The zero-order chi connectivity index (χ0) is 25.4. The summed E-state index contributed by atoms with van der Waals surface area (Å²) in [6.45, 7) is 3.79. The minimum absolute atomic E-state index is 0.117. The van der Waals surface area contributed by atoms with E-state index in [-0.39, 0.29) is 11.5 Å². The number of fused-ring (bicyclic) bond motifs is 1. The summed E-state index contributed by atoms with van der Waals surface area (Å²) in [5.74, 6) is -0.170. The van der Waals surface area contributed by atoms with Gasteiger partial charge in [0.1, 0.15) is 5.82 Å². The predicted octanol–water partition coefficient (Wildman–Crippen LogP) is 3.93. The van der Waals surface area contributed by atoms with Crippen LogP contribution in [0.5, 0.6) is 0 Å². The van der Waals surface area contributed by atoms with Crippen LogP contribution in [0.1, 0.15) is 40.4 Å². The van der Waals surface area contributed by atoms with Crippen molar-refractivity contribution >= 4 is 16.7 Å². The highest BCUT2D eigenvalue weighted by molar-refractivity contribution is 5.96. The minimum Gasteiger partial charge on any atom is -0.365 e. The molecule has 1 amide bonds. The number of amides is 1. The number of benzene rings is 2. The summed E-state index contributed by atoms with van der Waals surface area (Å²) in [5.41, 5.74) is 9.62. The van der Waals surface area contributed by atoms with Crippen LogP contribution in [0.15, 0.2) is 78.0 Å². The van der Waals surface area contributed by atoms with Gasteiger partial charge in [0, 0.05) is 42.3 Å². The number of para-hydroxylation sites is 1. The average molecular weight is 479 g/mol. The molecular weight excluding hydrogens is 452 g/mol. The molecule has 0 radical (unpaired) electrons. The monoisotopic (exact) mass is 478 g/mol. The predicted molar refractivity (Wildman–Crippen MR) is 139 cm³/mol. The van der Waals surface area contributed by atoms with E-state index in [1.165, 1.54) is 6.20 Å². The quantitative estimate of drug-likeness (QED) is 0.398. The molecule has 0 bridgehead atoms. The number of aromatic nitrogens is 5. The number of nitrogens with zero attached hydrogens (tertiary/aromatic N) is 5. The van der Waals surface area contributed by atoms with Crippen LogP contribution in [0.4, 0.5) is 0 Å². The molecule has 3 aromatic heterocycles. The molecule has 180 valence electrons. The van der Waals surface area contributed by atoms with Crippen LogP contribution in [-0.2, 0) is 13.5 Å². The Bertz CT molecular complexity index is 1650. The van der Waals surface area contributed by atoms with Crippen molar-refractivity contribution in [1.29, 1.82) is 0 Å². The lowest BCUT2D eigenvalue weighted by molar-refractivity contribution is 0.0998. The van der Waals surface area contributed by atoms with Gasteiger partial charge >= 0.3 is 0 Å². The van der Waals surface area contributed by atoms with E-state index < -0.39 is 5.91 Å². The summed E-state index contributed by atoms with van der Waals surface area (Å²) in [6.07, 6.45) is 5.56. The molecule has 1 atom stereocenters. The maximum absolute atomic E-state index is 14.2. The van der Waals surface area contributed by atoms with Gasteiger partial charge in [-0.25, -0.2) is 9.97 Å². The molecule has 8 heteroatoms. The fourth-order valence-corrected chi connectivity index (χ4v) is 4.66. The molecule has 5 rings (SSSR count). The van der Waals surface area contributed by atoms with Crippen LogP contribution >= 0.6 is 0 Å². The second-order valence-corrected chi connectivity index (χ2v) is 8.96. The molecule has 0 spiro atoms. The lowest BCUT2D eigenvalue weighted by Gasteiger charge is -2.21. The Hall–Kier alpha value is -4.59. The molecule has 0 unspecified atom stereocenters. The highest BCUT2D eigenvalue weighted by Crippen LogP contribution is 2.30. The van der Waals surface area contributed by atoms with Gasteiger partial charge in [0.2, 0.25) is 0 Å². The van der Waals surface area contributed by atoms with E-state index in [4.69, 9.17) is 5.73 Å². The molecule has 2 aromatic carbocycles. The molecule has 0 aliphatic rings. The van der Waals surface area contributed by atoms with Gasteiger partial charge in [-0.15, -0.1) is 0 Å². The number of nitrogens with two attached hydrogens (primary N) is 1. The van der Waals surface area contributed by atoms with Crippen molar-refractivity contribution in [3.05, 3.63) is 106 Å². The van der Waals surface area contributed by atoms with E-state index in [2.05, 4.69) is 15.1 Å². The van der Waals surface area contributed by atoms with Crippen molar-refractivity contribution in [3.8, 4) is 16.8 Å². The van der Waals surface area contributed by atoms with Gasteiger partial charge in [0.25, 0.3) is 11.5 Å². The number of primary amides is 1. The second-order valence-electron chi connectivity index (χ2n) is 8.96. The maximum Gasteiger partial charge on any atom is 0.263 e. The van der Waals surface area contributed by atoms with Gasteiger partial charge in [-0.05, 0) is 42.5 Å². The summed E-state index contributed by atoms with van der Waals surface area (Å²) >= 11 is 0. The van der Waals surface area contributed by atoms with Gasteiger partial charge in [0.05, 0.1) is 22.8 Å². The van der Waals surface area contributed by atoms with E-state index in [0.29, 0.717) is 28.9 Å².